The van der Waals surface area contributed by atoms with Crippen molar-refractivity contribution in [1.82, 2.24) is 5.32 Å². The van der Waals surface area contributed by atoms with E-state index >= 15 is 0 Å². The van der Waals surface area contributed by atoms with Gasteiger partial charge in [-0.1, -0.05) is 11.8 Å². The Bertz CT molecular complexity index is 109. The number of carbonyl (C=O) groups is 1. The minimum atomic E-state index is -0.0187. The molecule has 52 valence electrons. The Morgan fingerprint density at radius 1 is 1.78 bits per heavy atom. The summed E-state index contributed by atoms with van der Waals surface area (Å²) in [6, 6.07) is 0. The minimum absolute atomic E-state index is 0.0187. The number of carbonyl (C=O) groups excluding carboxylic acids is 1. The Morgan fingerprint density at radius 2 is 2.44 bits per heavy atom. The lowest BCUT2D eigenvalue weighted by Gasteiger charge is -1.96. The summed E-state index contributed by atoms with van der Waals surface area (Å²) < 4.78 is 0. The summed E-state index contributed by atoms with van der Waals surface area (Å²) in [4.78, 5) is 10.6. The van der Waals surface area contributed by atoms with Crippen LogP contribution in [-0.2, 0) is 16.6 Å². The average molecular weight is 164 g/mol. The molecule has 0 bridgehead atoms. The third kappa shape index (κ3) is 5.83. The standard InChI is InChI=1S/C4H9N2OPS/c5-3-6-4(7)1-2-8-9/h1-3,5H2,(H,6,7). The summed E-state index contributed by atoms with van der Waals surface area (Å²) in [5, 5.41) is 2.47. The molecule has 5 heteroatoms. The molecule has 0 aliphatic heterocycles. The van der Waals surface area contributed by atoms with Crippen LogP contribution in [0.25, 0.3) is 0 Å². The van der Waals surface area contributed by atoms with Gasteiger partial charge in [-0.25, -0.2) is 0 Å². The number of rotatable bonds is 4. The Kier molecular flexibility index (Phi) is 6.04. The molecule has 0 heterocycles. The fourth-order valence-electron chi connectivity index (χ4n) is 0.349. The van der Waals surface area contributed by atoms with Crippen LogP contribution in [0.4, 0.5) is 0 Å². The molecule has 0 aromatic rings. The minimum Gasteiger partial charge on any atom is -0.344 e. The average Bonchev–Trinajstić information content (AvgIpc) is 1.85. The van der Waals surface area contributed by atoms with E-state index in [0.717, 1.165) is 13.5 Å². The van der Waals surface area contributed by atoms with Crippen LogP contribution in [0.2, 0.25) is 0 Å². The highest BCUT2D eigenvalue weighted by Crippen LogP contribution is 1.93. The molecule has 0 aliphatic rings. The molecule has 0 rings (SSSR count). The SMILES string of the molecule is NCNC(=O)CCP=S. The van der Waals surface area contributed by atoms with E-state index in [1.165, 1.54) is 0 Å². The summed E-state index contributed by atoms with van der Waals surface area (Å²) in [6.07, 6.45) is 1.23. The molecular weight excluding hydrogens is 155 g/mol. The van der Waals surface area contributed by atoms with Crippen LogP contribution in [0.3, 0.4) is 0 Å². The van der Waals surface area contributed by atoms with E-state index in [2.05, 4.69) is 17.1 Å². The first-order chi connectivity index (χ1) is 4.31. The monoisotopic (exact) mass is 164 g/mol. The van der Waals surface area contributed by atoms with Crippen molar-refractivity contribution >= 4 is 25.1 Å². The molecule has 3 N–H and O–H groups in total. The molecule has 0 atom stereocenters. The smallest absolute Gasteiger partial charge is 0.221 e. The first-order valence-electron chi connectivity index (χ1n) is 2.57. The van der Waals surface area contributed by atoms with Gasteiger partial charge in [-0.2, -0.15) is 0 Å². The lowest BCUT2D eigenvalue weighted by molar-refractivity contribution is -0.120. The lowest BCUT2D eigenvalue weighted by atomic mass is 10.5. The number of nitrogens with two attached hydrogens (primary N) is 1. The first kappa shape index (κ1) is 8.95. The van der Waals surface area contributed by atoms with Gasteiger partial charge in [0.2, 0.25) is 5.91 Å². The molecule has 1 amide bonds. The van der Waals surface area contributed by atoms with Crippen LogP contribution in [-0.4, -0.2) is 18.7 Å². The molecule has 0 radical (unpaired) electrons. The summed E-state index contributed by atoms with van der Waals surface area (Å²) >= 11 is 4.62. The topological polar surface area (TPSA) is 55.1 Å². The molecule has 0 saturated carbocycles. The second-order valence-corrected chi connectivity index (χ2v) is 2.89. The molecule has 9 heavy (non-hydrogen) atoms. The number of hydrogen-bond acceptors (Lipinski definition) is 3. The van der Waals surface area contributed by atoms with E-state index in [4.69, 9.17) is 5.73 Å². The maximum Gasteiger partial charge on any atom is 0.221 e. The maximum absolute atomic E-state index is 10.6. The van der Waals surface area contributed by atoms with Gasteiger partial charge in [-0.05, 0) is 7.36 Å². The Labute approximate surface area is 60.8 Å². The molecule has 0 fully saturated rings. The van der Waals surface area contributed by atoms with Gasteiger partial charge in [-0.3, -0.25) is 4.79 Å². The van der Waals surface area contributed by atoms with Crippen molar-refractivity contribution in [1.29, 1.82) is 0 Å². The van der Waals surface area contributed by atoms with Crippen LogP contribution < -0.4 is 11.1 Å². The van der Waals surface area contributed by atoms with Gasteiger partial charge in [-0.15, -0.1) is 0 Å². The predicted octanol–water partition coefficient (Wildman–Crippen LogP) is -0.183. The highest BCUT2D eigenvalue weighted by Gasteiger charge is 1.94. The van der Waals surface area contributed by atoms with Crippen molar-refractivity contribution in [3.8, 4) is 0 Å². The third-order valence-corrected chi connectivity index (χ3v) is 1.68. The highest BCUT2D eigenvalue weighted by molar-refractivity contribution is 7.96. The van der Waals surface area contributed by atoms with E-state index in [0.29, 0.717) is 6.42 Å². The van der Waals surface area contributed by atoms with Crippen molar-refractivity contribution in [2.75, 3.05) is 12.8 Å². The fraction of sp³-hybridized carbons (Fsp3) is 0.750. The third-order valence-electron chi connectivity index (χ3n) is 0.729. The van der Waals surface area contributed by atoms with E-state index in [-0.39, 0.29) is 12.6 Å². The normalized spacial score (nSPS) is 9.44. The summed E-state index contributed by atoms with van der Waals surface area (Å²) in [6.45, 7) is 0.215. The zero-order valence-electron chi connectivity index (χ0n) is 4.96. The van der Waals surface area contributed by atoms with Crippen LogP contribution >= 0.6 is 7.36 Å². The van der Waals surface area contributed by atoms with Crippen LogP contribution in [0.1, 0.15) is 6.42 Å². The Morgan fingerprint density at radius 3 is 2.89 bits per heavy atom. The second kappa shape index (κ2) is 6.08. The molecule has 0 unspecified atom stereocenters. The molecule has 0 aromatic heterocycles. The predicted molar refractivity (Wildman–Crippen MR) is 41.0 cm³/mol. The van der Waals surface area contributed by atoms with Gasteiger partial charge >= 0.3 is 0 Å². The van der Waals surface area contributed by atoms with Gasteiger partial charge in [0.25, 0.3) is 0 Å². The largest absolute Gasteiger partial charge is 0.344 e. The molecule has 3 nitrogen and oxygen atoms in total. The molecule has 0 aromatic carbocycles. The van der Waals surface area contributed by atoms with Crippen molar-refractivity contribution < 1.29 is 4.79 Å². The van der Waals surface area contributed by atoms with Gasteiger partial charge in [0.15, 0.2) is 0 Å². The molecular formula is C4H9N2OPS. The summed E-state index contributed by atoms with van der Waals surface area (Å²) in [7, 11) is 0.837. The summed E-state index contributed by atoms with van der Waals surface area (Å²) in [5.41, 5.74) is 5.04. The Balaban J connectivity index is 3.16. The van der Waals surface area contributed by atoms with Crippen molar-refractivity contribution in [3.63, 3.8) is 0 Å². The van der Waals surface area contributed by atoms with Crippen LogP contribution in [0, 0.1) is 0 Å². The first-order valence-corrected chi connectivity index (χ1v) is 4.66. The van der Waals surface area contributed by atoms with E-state index in [1.807, 2.05) is 0 Å². The number of amides is 1. The molecule has 0 spiro atoms. The fourth-order valence-corrected chi connectivity index (χ4v) is 0.918. The maximum atomic E-state index is 10.6. The molecule has 0 saturated heterocycles. The number of hydrogen-bond donors (Lipinski definition) is 2. The summed E-state index contributed by atoms with van der Waals surface area (Å²) in [5.74, 6) is -0.0187. The van der Waals surface area contributed by atoms with Crippen molar-refractivity contribution in [2.24, 2.45) is 5.73 Å². The van der Waals surface area contributed by atoms with E-state index in [9.17, 15) is 4.79 Å². The van der Waals surface area contributed by atoms with Gasteiger partial charge < -0.3 is 11.1 Å². The second-order valence-electron chi connectivity index (χ2n) is 1.41. The van der Waals surface area contributed by atoms with Gasteiger partial charge in [0.05, 0.1) is 6.67 Å². The van der Waals surface area contributed by atoms with Crippen LogP contribution in [0.5, 0.6) is 0 Å². The number of nitrogens with one attached hydrogen (secondary N) is 1. The van der Waals surface area contributed by atoms with E-state index in [1.54, 1.807) is 0 Å². The van der Waals surface area contributed by atoms with E-state index < -0.39 is 0 Å². The van der Waals surface area contributed by atoms with Crippen molar-refractivity contribution in [3.05, 3.63) is 0 Å². The van der Waals surface area contributed by atoms with Crippen LogP contribution in [0.15, 0.2) is 0 Å². The van der Waals surface area contributed by atoms with Crippen molar-refractivity contribution in [2.45, 2.75) is 6.42 Å². The van der Waals surface area contributed by atoms with Gasteiger partial charge in [0.1, 0.15) is 0 Å². The zero-order chi connectivity index (χ0) is 7.11. The Hall–Kier alpha value is -0.0500. The molecule has 0 aliphatic carbocycles. The van der Waals surface area contributed by atoms with Gasteiger partial charge in [0, 0.05) is 12.6 Å². The highest BCUT2D eigenvalue weighted by atomic mass is 32.4. The quantitative estimate of drug-likeness (QED) is 0.447. The lowest BCUT2D eigenvalue weighted by Crippen LogP contribution is -2.29. The zero-order valence-corrected chi connectivity index (χ0v) is 6.67.